The Labute approximate surface area is 124 Å². The summed E-state index contributed by atoms with van der Waals surface area (Å²) in [6.45, 7) is 4.87. The van der Waals surface area contributed by atoms with E-state index in [1.165, 1.54) is 0 Å². The van der Waals surface area contributed by atoms with Gasteiger partial charge in [0.05, 0.1) is 18.4 Å². The highest BCUT2D eigenvalue weighted by Crippen LogP contribution is 2.39. The molecule has 1 aliphatic carbocycles. The van der Waals surface area contributed by atoms with E-state index in [-0.39, 0.29) is 11.8 Å². The molecule has 1 aliphatic rings. The maximum atomic E-state index is 12.0. The molecule has 1 saturated carbocycles. The van der Waals surface area contributed by atoms with Gasteiger partial charge in [-0.15, -0.1) is 0 Å². The number of hydrogen-bond acceptors (Lipinski definition) is 3. The van der Waals surface area contributed by atoms with Crippen molar-refractivity contribution in [3.63, 3.8) is 0 Å². The van der Waals surface area contributed by atoms with Crippen LogP contribution in [0.15, 0.2) is 18.2 Å². The monoisotopic (exact) mass is 291 g/mol. The number of rotatable bonds is 6. The highest BCUT2D eigenvalue weighted by Gasteiger charge is 2.49. The number of carboxylic acid groups (broad SMARTS) is 1. The number of carbonyl (C=O) groups is 2. The topological polar surface area (TPSA) is 66.8 Å². The summed E-state index contributed by atoms with van der Waals surface area (Å²) in [5, 5.41) is 8.84. The van der Waals surface area contributed by atoms with Gasteiger partial charge in [-0.1, -0.05) is 6.07 Å². The number of hydrogen-bond donors (Lipinski definition) is 1. The van der Waals surface area contributed by atoms with Crippen LogP contribution >= 0.6 is 0 Å². The van der Waals surface area contributed by atoms with Gasteiger partial charge in [0.15, 0.2) is 0 Å². The molecule has 0 unspecified atom stereocenters. The summed E-state index contributed by atoms with van der Waals surface area (Å²) in [7, 11) is 1.68. The molecule has 1 amide bonds. The molecule has 1 aromatic carbocycles. The first-order chi connectivity index (χ1) is 9.88. The number of likely N-dealkylation sites (N-methyl/N-ethyl adjacent to an activating group) is 1. The van der Waals surface area contributed by atoms with Crippen molar-refractivity contribution < 1.29 is 19.4 Å². The molecule has 1 fully saturated rings. The number of amides is 1. The van der Waals surface area contributed by atoms with Gasteiger partial charge in [0, 0.05) is 7.05 Å². The summed E-state index contributed by atoms with van der Waals surface area (Å²) in [6, 6.07) is 5.98. The van der Waals surface area contributed by atoms with E-state index >= 15 is 0 Å². The number of carbonyl (C=O) groups excluding carboxylic acids is 1. The van der Waals surface area contributed by atoms with Crippen molar-refractivity contribution in [1.29, 1.82) is 0 Å². The van der Waals surface area contributed by atoms with Crippen LogP contribution in [0.1, 0.15) is 17.5 Å². The molecule has 0 radical (unpaired) electrons. The molecule has 0 heterocycles. The molecule has 2 atom stereocenters. The van der Waals surface area contributed by atoms with E-state index in [0.717, 1.165) is 16.9 Å². The molecule has 114 valence electrons. The van der Waals surface area contributed by atoms with E-state index in [9.17, 15) is 9.59 Å². The maximum absolute atomic E-state index is 12.0. The lowest BCUT2D eigenvalue weighted by Gasteiger charge is -2.17. The van der Waals surface area contributed by atoms with Crippen molar-refractivity contribution in [3.05, 3.63) is 29.3 Å². The van der Waals surface area contributed by atoms with Crippen molar-refractivity contribution in [2.24, 2.45) is 11.8 Å². The van der Waals surface area contributed by atoms with Crippen LogP contribution in [0, 0.1) is 25.7 Å². The fraction of sp³-hybridized carbons (Fsp3) is 0.500. The maximum Gasteiger partial charge on any atom is 0.307 e. The molecule has 0 aliphatic heterocycles. The van der Waals surface area contributed by atoms with E-state index in [0.29, 0.717) is 19.6 Å². The average Bonchev–Trinajstić information content (AvgIpc) is 3.16. The predicted octanol–water partition coefficient (Wildman–Crippen LogP) is 1.86. The Bertz CT molecular complexity index is 535. The summed E-state index contributed by atoms with van der Waals surface area (Å²) >= 11 is 0. The summed E-state index contributed by atoms with van der Waals surface area (Å²) in [4.78, 5) is 24.3. The fourth-order valence-electron chi connectivity index (χ4n) is 2.45. The lowest BCUT2D eigenvalue weighted by Crippen LogP contribution is -2.32. The van der Waals surface area contributed by atoms with Crippen molar-refractivity contribution >= 4 is 11.9 Å². The number of aliphatic carboxylic acids is 1. The van der Waals surface area contributed by atoms with Crippen LogP contribution in [0.4, 0.5) is 0 Å². The third kappa shape index (κ3) is 3.97. The van der Waals surface area contributed by atoms with Crippen LogP contribution in [0.25, 0.3) is 0 Å². The Morgan fingerprint density at radius 2 is 1.86 bits per heavy atom. The summed E-state index contributed by atoms with van der Waals surface area (Å²) in [5.41, 5.74) is 2.27. The SMILES string of the molecule is Cc1cc(C)cc(OCCN(C)C(=O)[C@@H]2C[C@@H]2C(=O)O)c1. The Balaban J connectivity index is 1.78. The Morgan fingerprint density at radius 1 is 1.24 bits per heavy atom. The first kappa shape index (κ1) is 15.4. The third-order valence-corrected chi connectivity index (χ3v) is 3.69. The second-order valence-corrected chi connectivity index (χ2v) is 5.72. The van der Waals surface area contributed by atoms with Crippen LogP contribution in [-0.2, 0) is 9.59 Å². The molecule has 21 heavy (non-hydrogen) atoms. The molecule has 1 aromatic rings. The first-order valence-corrected chi connectivity index (χ1v) is 7.07. The smallest absolute Gasteiger partial charge is 0.307 e. The zero-order valence-electron chi connectivity index (χ0n) is 12.6. The third-order valence-electron chi connectivity index (χ3n) is 3.69. The van der Waals surface area contributed by atoms with Gasteiger partial charge in [-0.3, -0.25) is 9.59 Å². The minimum Gasteiger partial charge on any atom is -0.492 e. The second kappa shape index (κ2) is 6.16. The Kier molecular flexibility index (Phi) is 4.50. The Hall–Kier alpha value is -2.04. The van der Waals surface area contributed by atoms with Gasteiger partial charge in [-0.25, -0.2) is 0 Å². The van der Waals surface area contributed by atoms with E-state index in [4.69, 9.17) is 9.84 Å². The summed E-state index contributed by atoms with van der Waals surface area (Å²) in [5.74, 6) is -1.04. The summed E-state index contributed by atoms with van der Waals surface area (Å²) in [6.07, 6.45) is 0.455. The van der Waals surface area contributed by atoms with Gasteiger partial charge < -0.3 is 14.7 Å². The van der Waals surface area contributed by atoms with Gasteiger partial charge >= 0.3 is 5.97 Å². The molecule has 0 aromatic heterocycles. The quantitative estimate of drug-likeness (QED) is 0.868. The highest BCUT2D eigenvalue weighted by molar-refractivity contribution is 5.89. The first-order valence-electron chi connectivity index (χ1n) is 7.07. The van der Waals surface area contributed by atoms with Crippen molar-refractivity contribution in [3.8, 4) is 5.75 Å². The molecule has 0 bridgehead atoms. The van der Waals surface area contributed by atoms with E-state index in [1.807, 2.05) is 26.0 Å². The number of nitrogens with zero attached hydrogens (tertiary/aromatic N) is 1. The van der Waals surface area contributed by atoms with Crippen LogP contribution in [-0.4, -0.2) is 42.1 Å². The van der Waals surface area contributed by atoms with Gasteiger partial charge in [-0.2, -0.15) is 0 Å². The van der Waals surface area contributed by atoms with Crippen LogP contribution < -0.4 is 4.74 Å². The molecule has 0 saturated heterocycles. The molecule has 2 rings (SSSR count). The number of carboxylic acids is 1. The lowest BCUT2D eigenvalue weighted by atomic mass is 10.1. The number of aryl methyl sites for hydroxylation is 2. The van der Waals surface area contributed by atoms with Crippen molar-refractivity contribution in [1.82, 2.24) is 4.90 Å². The average molecular weight is 291 g/mol. The van der Waals surface area contributed by atoms with E-state index < -0.39 is 11.9 Å². The normalized spacial score (nSPS) is 20.0. The zero-order chi connectivity index (χ0) is 15.6. The largest absolute Gasteiger partial charge is 0.492 e. The van der Waals surface area contributed by atoms with Gasteiger partial charge in [0.1, 0.15) is 12.4 Å². The molecule has 1 N–H and O–H groups in total. The number of ether oxygens (including phenoxy) is 1. The van der Waals surface area contributed by atoms with Crippen LogP contribution in [0.3, 0.4) is 0 Å². The van der Waals surface area contributed by atoms with E-state index in [1.54, 1.807) is 11.9 Å². The lowest BCUT2D eigenvalue weighted by molar-refractivity contribution is -0.141. The van der Waals surface area contributed by atoms with Crippen LogP contribution in [0.5, 0.6) is 5.75 Å². The highest BCUT2D eigenvalue weighted by atomic mass is 16.5. The molecule has 5 heteroatoms. The minimum atomic E-state index is -0.881. The Morgan fingerprint density at radius 3 is 2.38 bits per heavy atom. The van der Waals surface area contributed by atoms with Gasteiger partial charge in [0.25, 0.3) is 0 Å². The van der Waals surface area contributed by atoms with E-state index in [2.05, 4.69) is 6.07 Å². The standard InChI is InChI=1S/C16H21NO4/c1-10-6-11(2)8-12(7-10)21-5-4-17(3)15(18)13-9-14(13)16(19)20/h6-8,13-14H,4-5,9H2,1-3H3,(H,19,20)/t13-,14+/m1/s1. The zero-order valence-corrected chi connectivity index (χ0v) is 12.6. The molecular weight excluding hydrogens is 270 g/mol. The summed E-state index contributed by atoms with van der Waals surface area (Å²) < 4.78 is 5.65. The van der Waals surface area contributed by atoms with Crippen LogP contribution in [0.2, 0.25) is 0 Å². The van der Waals surface area contributed by atoms with Gasteiger partial charge in [0.2, 0.25) is 5.91 Å². The second-order valence-electron chi connectivity index (χ2n) is 5.72. The molecule has 0 spiro atoms. The minimum absolute atomic E-state index is 0.105. The van der Waals surface area contributed by atoms with Crippen molar-refractivity contribution in [2.45, 2.75) is 20.3 Å². The number of benzene rings is 1. The van der Waals surface area contributed by atoms with Gasteiger partial charge in [-0.05, 0) is 43.5 Å². The predicted molar refractivity (Wildman–Crippen MR) is 78.3 cm³/mol. The fourth-order valence-corrected chi connectivity index (χ4v) is 2.45. The molecule has 5 nitrogen and oxygen atoms in total. The molecular formula is C16H21NO4. The van der Waals surface area contributed by atoms with Crippen molar-refractivity contribution in [2.75, 3.05) is 20.2 Å².